The Morgan fingerprint density at radius 1 is 1.39 bits per heavy atom. The molecule has 0 radical (unpaired) electrons. The summed E-state index contributed by atoms with van der Waals surface area (Å²) in [6, 6.07) is 0. The van der Waals surface area contributed by atoms with Gasteiger partial charge in [-0.25, -0.2) is 0 Å². The molecule has 1 aliphatic heterocycles. The van der Waals surface area contributed by atoms with Crippen molar-refractivity contribution in [2.45, 2.75) is 51.6 Å². The van der Waals surface area contributed by atoms with Crippen LogP contribution in [0.2, 0.25) is 0 Å². The largest absolute Gasteiger partial charge is 0.368 e. The van der Waals surface area contributed by atoms with Gasteiger partial charge in [-0.1, -0.05) is 26.2 Å². The van der Waals surface area contributed by atoms with E-state index in [-0.39, 0.29) is 17.4 Å². The molecule has 2 unspecified atom stereocenters. The summed E-state index contributed by atoms with van der Waals surface area (Å²) in [5.74, 6) is 1.03. The second-order valence-electron chi connectivity index (χ2n) is 5.97. The van der Waals surface area contributed by atoms with Crippen molar-refractivity contribution >= 4 is 17.5 Å². The molecule has 0 bridgehead atoms. The minimum atomic E-state index is -0.249. The van der Waals surface area contributed by atoms with Gasteiger partial charge < -0.3 is 10.1 Å². The van der Waals surface area contributed by atoms with Crippen LogP contribution >= 0.6 is 11.6 Å². The number of halogens is 1. The van der Waals surface area contributed by atoms with Crippen LogP contribution in [0, 0.1) is 11.3 Å². The quantitative estimate of drug-likeness (QED) is 0.800. The lowest BCUT2D eigenvalue weighted by molar-refractivity contribution is -0.132. The molecule has 1 amide bonds. The Morgan fingerprint density at radius 3 is 2.67 bits per heavy atom. The highest BCUT2D eigenvalue weighted by Crippen LogP contribution is 2.36. The molecule has 2 fully saturated rings. The molecule has 0 spiro atoms. The van der Waals surface area contributed by atoms with Gasteiger partial charge in [-0.2, -0.15) is 0 Å². The van der Waals surface area contributed by atoms with Crippen molar-refractivity contribution in [2.75, 3.05) is 19.0 Å². The fourth-order valence-electron chi connectivity index (χ4n) is 3.07. The number of carbonyl (C=O) groups is 1. The highest BCUT2D eigenvalue weighted by Gasteiger charge is 2.35. The molecule has 2 aliphatic rings. The minimum Gasteiger partial charge on any atom is -0.368 e. The maximum atomic E-state index is 12.1. The highest BCUT2D eigenvalue weighted by atomic mass is 35.5. The first-order valence-corrected chi connectivity index (χ1v) is 7.66. The monoisotopic (exact) mass is 273 g/mol. The first kappa shape index (κ1) is 14.1. The van der Waals surface area contributed by atoms with Gasteiger partial charge in [0.15, 0.2) is 0 Å². The van der Waals surface area contributed by atoms with E-state index in [1.165, 1.54) is 19.3 Å². The molecule has 18 heavy (non-hydrogen) atoms. The molecule has 1 saturated heterocycles. The van der Waals surface area contributed by atoms with Gasteiger partial charge in [0.2, 0.25) is 5.91 Å². The topological polar surface area (TPSA) is 38.3 Å². The number of hydrogen-bond acceptors (Lipinski definition) is 2. The maximum Gasteiger partial charge on any atom is 0.249 e. The molecule has 2 atom stereocenters. The predicted octanol–water partition coefficient (Wildman–Crippen LogP) is 2.72. The van der Waals surface area contributed by atoms with Crippen LogP contribution in [0.5, 0.6) is 0 Å². The average molecular weight is 274 g/mol. The lowest BCUT2D eigenvalue weighted by Gasteiger charge is -2.36. The molecule has 0 aromatic heterocycles. The molecule has 104 valence electrons. The molecule has 1 N–H and O–H groups in total. The van der Waals surface area contributed by atoms with Crippen LogP contribution < -0.4 is 5.32 Å². The van der Waals surface area contributed by atoms with Crippen LogP contribution in [0.3, 0.4) is 0 Å². The molecule has 0 aromatic carbocycles. The van der Waals surface area contributed by atoms with E-state index in [9.17, 15) is 4.79 Å². The number of rotatable bonds is 4. The Morgan fingerprint density at radius 2 is 2.11 bits per heavy atom. The van der Waals surface area contributed by atoms with Crippen molar-refractivity contribution in [3.05, 3.63) is 0 Å². The van der Waals surface area contributed by atoms with E-state index in [1.807, 2.05) is 0 Å². The van der Waals surface area contributed by atoms with Gasteiger partial charge in [-0.05, 0) is 25.2 Å². The summed E-state index contributed by atoms with van der Waals surface area (Å²) < 4.78 is 5.49. The molecular weight excluding hydrogens is 250 g/mol. The van der Waals surface area contributed by atoms with E-state index >= 15 is 0 Å². The third-order valence-electron chi connectivity index (χ3n) is 4.48. The summed E-state index contributed by atoms with van der Waals surface area (Å²) in [7, 11) is 0. The van der Waals surface area contributed by atoms with Crippen LogP contribution in [0.15, 0.2) is 0 Å². The van der Waals surface area contributed by atoms with Crippen molar-refractivity contribution in [1.82, 2.24) is 5.32 Å². The van der Waals surface area contributed by atoms with Crippen LogP contribution in [0.4, 0.5) is 0 Å². The molecule has 2 rings (SSSR count). The van der Waals surface area contributed by atoms with E-state index in [1.54, 1.807) is 0 Å². The zero-order chi connectivity index (χ0) is 13.0. The van der Waals surface area contributed by atoms with E-state index in [2.05, 4.69) is 12.2 Å². The molecule has 1 heterocycles. The fraction of sp³-hybridized carbons (Fsp3) is 0.929. The number of alkyl halides is 1. The van der Waals surface area contributed by atoms with Gasteiger partial charge in [-0.15, -0.1) is 11.6 Å². The summed E-state index contributed by atoms with van der Waals surface area (Å²) in [6.07, 6.45) is 6.78. The number of carbonyl (C=O) groups excluding carboxylic acids is 1. The molecule has 1 saturated carbocycles. The molecule has 3 nitrogen and oxygen atoms in total. The minimum absolute atomic E-state index is 0.0510. The third-order valence-corrected chi connectivity index (χ3v) is 5.05. The van der Waals surface area contributed by atoms with Gasteiger partial charge in [0, 0.05) is 24.4 Å². The second kappa shape index (κ2) is 6.25. The molecular formula is C14H24ClNO2. The Labute approximate surface area is 115 Å². The zero-order valence-electron chi connectivity index (χ0n) is 11.2. The van der Waals surface area contributed by atoms with E-state index in [0.717, 1.165) is 19.3 Å². The van der Waals surface area contributed by atoms with Gasteiger partial charge in [0.05, 0.1) is 0 Å². The van der Waals surface area contributed by atoms with Crippen LogP contribution in [-0.4, -0.2) is 31.0 Å². The highest BCUT2D eigenvalue weighted by molar-refractivity contribution is 6.18. The Kier molecular flexibility index (Phi) is 4.91. The van der Waals surface area contributed by atoms with Gasteiger partial charge in [0.25, 0.3) is 0 Å². The lowest BCUT2D eigenvalue weighted by Crippen LogP contribution is -2.45. The summed E-state index contributed by atoms with van der Waals surface area (Å²) in [5, 5.41) is 3.07. The van der Waals surface area contributed by atoms with Gasteiger partial charge >= 0.3 is 0 Å². The van der Waals surface area contributed by atoms with E-state index in [4.69, 9.17) is 16.3 Å². The summed E-state index contributed by atoms with van der Waals surface area (Å²) in [6.45, 7) is 3.50. The summed E-state index contributed by atoms with van der Waals surface area (Å²) in [5.41, 5.74) is 0.122. The van der Waals surface area contributed by atoms with Crippen LogP contribution in [0.25, 0.3) is 0 Å². The lowest BCUT2D eigenvalue weighted by atomic mass is 9.75. The number of nitrogens with one attached hydrogen (secondary N) is 1. The molecule has 0 aromatic rings. The standard InChI is InChI=1S/C14H24ClNO2/c1-11-5-8-18-12(11)13(17)16-10-14(9-15)6-3-2-4-7-14/h11-12H,2-10H2,1H3,(H,16,17). The fourth-order valence-corrected chi connectivity index (χ4v) is 3.43. The Balaban J connectivity index is 1.83. The zero-order valence-corrected chi connectivity index (χ0v) is 12.0. The maximum absolute atomic E-state index is 12.1. The van der Waals surface area contributed by atoms with Crippen molar-refractivity contribution in [2.24, 2.45) is 11.3 Å². The molecule has 4 heteroatoms. The van der Waals surface area contributed by atoms with E-state index in [0.29, 0.717) is 24.9 Å². The first-order valence-electron chi connectivity index (χ1n) is 7.12. The SMILES string of the molecule is CC1CCOC1C(=O)NCC1(CCl)CCCCC1. The van der Waals surface area contributed by atoms with Crippen molar-refractivity contribution in [3.8, 4) is 0 Å². The third kappa shape index (κ3) is 3.18. The Hall–Kier alpha value is -0.280. The summed E-state index contributed by atoms with van der Waals surface area (Å²) >= 11 is 6.13. The average Bonchev–Trinajstić information content (AvgIpc) is 2.83. The summed E-state index contributed by atoms with van der Waals surface area (Å²) in [4.78, 5) is 12.1. The van der Waals surface area contributed by atoms with Crippen molar-refractivity contribution in [3.63, 3.8) is 0 Å². The number of amides is 1. The predicted molar refractivity (Wildman–Crippen MR) is 72.8 cm³/mol. The first-order chi connectivity index (χ1) is 8.67. The van der Waals surface area contributed by atoms with E-state index < -0.39 is 0 Å². The molecule has 1 aliphatic carbocycles. The van der Waals surface area contributed by atoms with Crippen molar-refractivity contribution < 1.29 is 9.53 Å². The number of ether oxygens (including phenoxy) is 1. The van der Waals surface area contributed by atoms with Crippen LogP contribution in [-0.2, 0) is 9.53 Å². The normalized spacial score (nSPS) is 31.2. The van der Waals surface area contributed by atoms with Gasteiger partial charge in [-0.3, -0.25) is 4.79 Å². The Bertz CT molecular complexity index is 290. The van der Waals surface area contributed by atoms with Crippen molar-refractivity contribution in [1.29, 1.82) is 0 Å². The smallest absolute Gasteiger partial charge is 0.249 e. The second-order valence-corrected chi connectivity index (χ2v) is 6.24. The number of hydrogen-bond donors (Lipinski definition) is 1. The van der Waals surface area contributed by atoms with Crippen LogP contribution in [0.1, 0.15) is 45.4 Å². The van der Waals surface area contributed by atoms with Gasteiger partial charge in [0.1, 0.15) is 6.10 Å².